The molecule has 1 saturated heterocycles. The van der Waals surface area contributed by atoms with Crippen molar-refractivity contribution in [2.75, 3.05) is 6.54 Å². The monoisotopic (exact) mass is 315 g/mol. The van der Waals surface area contributed by atoms with Gasteiger partial charge in [0.2, 0.25) is 0 Å². The molecule has 3 heterocycles. The van der Waals surface area contributed by atoms with Crippen LogP contribution in [0.3, 0.4) is 0 Å². The summed E-state index contributed by atoms with van der Waals surface area (Å²) in [5.74, 6) is 0.691. The molecule has 1 aliphatic rings. The summed E-state index contributed by atoms with van der Waals surface area (Å²) in [5, 5.41) is 8.69. The highest BCUT2D eigenvalue weighted by Crippen LogP contribution is 2.28. The normalized spacial score (nSPS) is 21.7. The Morgan fingerprint density at radius 3 is 2.70 bits per heavy atom. The van der Waals surface area contributed by atoms with Gasteiger partial charge < -0.3 is 4.90 Å². The average molecular weight is 315 g/mol. The van der Waals surface area contributed by atoms with Gasteiger partial charge in [0.25, 0.3) is 5.91 Å². The molecule has 6 nitrogen and oxygen atoms in total. The van der Waals surface area contributed by atoms with Gasteiger partial charge in [-0.1, -0.05) is 13.3 Å². The smallest absolute Gasteiger partial charge is 0.257 e. The highest BCUT2D eigenvalue weighted by atomic mass is 16.2. The quantitative estimate of drug-likeness (QED) is 0.874. The summed E-state index contributed by atoms with van der Waals surface area (Å²) >= 11 is 0. The van der Waals surface area contributed by atoms with Gasteiger partial charge in [-0.3, -0.25) is 14.2 Å². The van der Waals surface area contributed by atoms with E-state index in [1.807, 2.05) is 31.4 Å². The van der Waals surface area contributed by atoms with E-state index in [-0.39, 0.29) is 11.9 Å². The SMILES string of the molecule is CC[C@@H]1CC[C@H](C)N(C(=O)c2cn(C)nc2-c2cnn(C)c2)C1. The van der Waals surface area contributed by atoms with E-state index in [1.165, 1.54) is 6.42 Å². The van der Waals surface area contributed by atoms with Crippen LogP contribution in [-0.2, 0) is 14.1 Å². The molecule has 23 heavy (non-hydrogen) atoms. The van der Waals surface area contributed by atoms with Gasteiger partial charge in [-0.2, -0.15) is 10.2 Å². The minimum Gasteiger partial charge on any atom is -0.336 e. The highest BCUT2D eigenvalue weighted by molar-refractivity contribution is 6.00. The molecule has 124 valence electrons. The molecule has 2 aromatic rings. The molecular formula is C17H25N5O. The van der Waals surface area contributed by atoms with Crippen molar-refractivity contribution in [3.63, 3.8) is 0 Å². The summed E-state index contributed by atoms with van der Waals surface area (Å²) in [6.07, 6.45) is 8.89. The topological polar surface area (TPSA) is 56.0 Å². The fourth-order valence-corrected chi connectivity index (χ4v) is 3.35. The predicted octanol–water partition coefficient (Wildman–Crippen LogP) is 2.47. The van der Waals surface area contributed by atoms with Gasteiger partial charge in [-0.25, -0.2) is 0 Å². The van der Waals surface area contributed by atoms with Gasteiger partial charge in [0, 0.05) is 44.6 Å². The highest BCUT2D eigenvalue weighted by Gasteiger charge is 2.31. The Kier molecular flexibility index (Phi) is 4.24. The molecule has 2 atom stereocenters. The fraction of sp³-hybridized carbons (Fsp3) is 0.588. The molecule has 1 aliphatic heterocycles. The summed E-state index contributed by atoms with van der Waals surface area (Å²) in [5.41, 5.74) is 2.27. The number of likely N-dealkylation sites (tertiary alicyclic amines) is 1. The van der Waals surface area contributed by atoms with Crippen LogP contribution in [0.2, 0.25) is 0 Å². The van der Waals surface area contributed by atoms with Crippen LogP contribution in [0.25, 0.3) is 11.3 Å². The maximum absolute atomic E-state index is 13.1. The van der Waals surface area contributed by atoms with E-state index in [4.69, 9.17) is 0 Å². The summed E-state index contributed by atoms with van der Waals surface area (Å²) in [4.78, 5) is 15.2. The zero-order valence-corrected chi connectivity index (χ0v) is 14.4. The van der Waals surface area contributed by atoms with E-state index in [2.05, 4.69) is 24.0 Å². The second-order valence-corrected chi connectivity index (χ2v) is 6.63. The Bertz CT molecular complexity index is 702. The molecule has 6 heteroatoms. The molecule has 0 aromatic carbocycles. The third kappa shape index (κ3) is 3.02. The largest absolute Gasteiger partial charge is 0.336 e. The molecule has 0 bridgehead atoms. The number of nitrogens with zero attached hydrogens (tertiary/aromatic N) is 5. The number of aromatic nitrogens is 4. The number of hydrogen-bond acceptors (Lipinski definition) is 3. The Labute approximate surface area is 137 Å². The number of piperidine rings is 1. The van der Waals surface area contributed by atoms with Crippen LogP contribution in [-0.4, -0.2) is 43.0 Å². The Balaban J connectivity index is 1.93. The molecule has 0 radical (unpaired) electrons. The van der Waals surface area contributed by atoms with Crippen molar-refractivity contribution in [3.05, 3.63) is 24.2 Å². The third-order valence-corrected chi connectivity index (χ3v) is 4.86. The molecule has 0 unspecified atom stereocenters. The first-order chi connectivity index (χ1) is 11.0. The van der Waals surface area contributed by atoms with E-state index in [9.17, 15) is 4.79 Å². The lowest BCUT2D eigenvalue weighted by atomic mass is 9.91. The van der Waals surface area contributed by atoms with E-state index in [0.717, 1.165) is 30.6 Å². The molecule has 1 amide bonds. The van der Waals surface area contributed by atoms with Gasteiger partial charge >= 0.3 is 0 Å². The van der Waals surface area contributed by atoms with Crippen LogP contribution < -0.4 is 0 Å². The molecule has 3 rings (SSSR count). The number of hydrogen-bond donors (Lipinski definition) is 0. The molecule has 2 aromatic heterocycles. The first kappa shape index (κ1) is 15.8. The second-order valence-electron chi connectivity index (χ2n) is 6.63. The Morgan fingerprint density at radius 2 is 2.04 bits per heavy atom. The van der Waals surface area contributed by atoms with Gasteiger partial charge in [0.05, 0.1) is 11.8 Å². The minimum atomic E-state index is 0.0857. The van der Waals surface area contributed by atoms with Gasteiger partial charge in [0.1, 0.15) is 5.69 Å². The van der Waals surface area contributed by atoms with Crippen LogP contribution in [0, 0.1) is 5.92 Å². The summed E-state index contributed by atoms with van der Waals surface area (Å²) in [6, 6.07) is 0.284. The van der Waals surface area contributed by atoms with Crippen molar-refractivity contribution in [3.8, 4) is 11.3 Å². The van der Waals surface area contributed by atoms with Crippen LogP contribution in [0.5, 0.6) is 0 Å². The van der Waals surface area contributed by atoms with Crippen LogP contribution in [0.4, 0.5) is 0 Å². The lowest BCUT2D eigenvalue weighted by Gasteiger charge is -2.37. The minimum absolute atomic E-state index is 0.0857. The molecule has 1 fully saturated rings. The van der Waals surface area contributed by atoms with E-state index < -0.39 is 0 Å². The van der Waals surface area contributed by atoms with E-state index in [0.29, 0.717) is 11.5 Å². The Hall–Kier alpha value is -2.11. The zero-order chi connectivity index (χ0) is 16.6. The van der Waals surface area contributed by atoms with Crippen LogP contribution in [0.15, 0.2) is 18.6 Å². The number of amides is 1. The Morgan fingerprint density at radius 1 is 1.26 bits per heavy atom. The number of carbonyl (C=O) groups is 1. The lowest BCUT2D eigenvalue weighted by molar-refractivity contribution is 0.0557. The van der Waals surface area contributed by atoms with Gasteiger partial charge in [-0.15, -0.1) is 0 Å². The van der Waals surface area contributed by atoms with Crippen LogP contribution in [0.1, 0.15) is 43.5 Å². The zero-order valence-electron chi connectivity index (χ0n) is 14.4. The number of rotatable bonds is 3. The van der Waals surface area contributed by atoms with Crippen molar-refractivity contribution in [1.29, 1.82) is 0 Å². The average Bonchev–Trinajstić information content (AvgIpc) is 3.13. The van der Waals surface area contributed by atoms with E-state index in [1.54, 1.807) is 15.6 Å². The standard InChI is InChI=1S/C17H25N5O/c1-5-13-7-6-12(2)22(9-13)17(23)15-11-21(4)19-16(15)14-8-18-20(3)10-14/h8,10-13H,5-7,9H2,1-4H3/t12-,13+/m0/s1. The van der Waals surface area contributed by atoms with Crippen LogP contribution >= 0.6 is 0 Å². The van der Waals surface area contributed by atoms with Crippen molar-refractivity contribution in [1.82, 2.24) is 24.5 Å². The lowest BCUT2D eigenvalue weighted by Crippen LogP contribution is -2.45. The van der Waals surface area contributed by atoms with Gasteiger partial charge in [0.15, 0.2) is 0 Å². The first-order valence-corrected chi connectivity index (χ1v) is 8.33. The summed E-state index contributed by atoms with van der Waals surface area (Å²) in [7, 11) is 3.72. The molecular weight excluding hydrogens is 290 g/mol. The van der Waals surface area contributed by atoms with Gasteiger partial charge in [-0.05, 0) is 25.7 Å². The molecule has 0 N–H and O–H groups in total. The maximum atomic E-state index is 13.1. The molecule has 0 aliphatic carbocycles. The fourth-order valence-electron chi connectivity index (χ4n) is 3.35. The third-order valence-electron chi connectivity index (χ3n) is 4.86. The van der Waals surface area contributed by atoms with Crippen molar-refractivity contribution in [2.24, 2.45) is 20.0 Å². The molecule has 0 spiro atoms. The van der Waals surface area contributed by atoms with Crippen molar-refractivity contribution >= 4 is 5.91 Å². The summed E-state index contributed by atoms with van der Waals surface area (Å²) in [6.45, 7) is 5.19. The van der Waals surface area contributed by atoms with Crippen molar-refractivity contribution < 1.29 is 4.79 Å². The van der Waals surface area contributed by atoms with E-state index >= 15 is 0 Å². The first-order valence-electron chi connectivity index (χ1n) is 8.33. The number of carbonyl (C=O) groups excluding carboxylic acids is 1. The van der Waals surface area contributed by atoms with Crippen molar-refractivity contribution in [2.45, 2.75) is 39.2 Å². The predicted molar refractivity (Wildman–Crippen MR) is 88.9 cm³/mol. The number of aryl methyl sites for hydroxylation is 2. The second kappa shape index (κ2) is 6.18. The summed E-state index contributed by atoms with van der Waals surface area (Å²) < 4.78 is 3.44. The maximum Gasteiger partial charge on any atom is 0.257 e. The molecule has 0 saturated carbocycles.